The maximum Gasteiger partial charge on any atom is 0.404 e. The molecule has 0 saturated carbocycles. The third kappa shape index (κ3) is 10.5. The normalized spacial score (nSPS) is 12.3. The smallest absolute Gasteiger partial charge is 0.404 e. The van der Waals surface area contributed by atoms with Crippen molar-refractivity contribution in [2.24, 2.45) is 0 Å². The topological polar surface area (TPSA) is 224 Å². The van der Waals surface area contributed by atoms with Crippen molar-refractivity contribution in [2.45, 2.75) is 35.5 Å². The quantitative estimate of drug-likeness (QED) is 0.0928. The van der Waals surface area contributed by atoms with Gasteiger partial charge in [-0.25, -0.2) is 26.4 Å². The number of nitrogens with zero attached hydrogens (tertiary/aromatic N) is 5. The molecule has 1 atom stereocenters. The highest BCUT2D eigenvalue weighted by Gasteiger charge is 2.37. The number of aromatic nitrogens is 4. The van der Waals surface area contributed by atoms with Gasteiger partial charge in [0.1, 0.15) is 27.0 Å². The van der Waals surface area contributed by atoms with E-state index in [-0.39, 0.29) is 31.0 Å². The summed E-state index contributed by atoms with van der Waals surface area (Å²) in [6, 6.07) is 23.2. The van der Waals surface area contributed by atoms with Gasteiger partial charge in [0.2, 0.25) is 25.9 Å². The molecule has 0 bridgehead atoms. The van der Waals surface area contributed by atoms with Crippen molar-refractivity contribution < 1.29 is 46.1 Å². The fourth-order valence-electron chi connectivity index (χ4n) is 5.31. The molecule has 1 amide bonds. The minimum absolute atomic E-state index is 0.119. The number of carbonyl (C=O) groups is 1. The van der Waals surface area contributed by atoms with Gasteiger partial charge in [-0.1, -0.05) is 36.4 Å². The first-order chi connectivity index (χ1) is 26.2. The predicted octanol–water partition coefficient (Wildman–Crippen LogP) is 3.32. The lowest BCUT2D eigenvalue weighted by Crippen LogP contribution is -2.40. The minimum atomic E-state index is -4.80. The predicted molar refractivity (Wildman–Crippen MR) is 208 cm³/mol. The molecule has 5 aromatic rings. The monoisotopic (exact) mass is 907 g/mol. The molecular formula is C35H38IN7O10S2. The minimum Gasteiger partial charge on any atom is -0.497 e. The van der Waals surface area contributed by atoms with Crippen molar-refractivity contribution in [2.75, 3.05) is 34.4 Å². The van der Waals surface area contributed by atoms with E-state index in [1.807, 2.05) is 27.9 Å². The van der Waals surface area contributed by atoms with Crippen LogP contribution in [0.15, 0.2) is 94.7 Å². The van der Waals surface area contributed by atoms with Gasteiger partial charge in [-0.2, -0.15) is 9.10 Å². The van der Waals surface area contributed by atoms with Crippen LogP contribution in [0.5, 0.6) is 17.2 Å². The number of carboxylic acid groups (broad SMARTS) is 1. The van der Waals surface area contributed by atoms with Gasteiger partial charge in [-0.3, -0.25) is 0 Å². The summed E-state index contributed by atoms with van der Waals surface area (Å²) >= 11 is 1.89. The van der Waals surface area contributed by atoms with Crippen LogP contribution >= 0.6 is 22.6 Å². The summed E-state index contributed by atoms with van der Waals surface area (Å²) < 4.78 is 78.1. The van der Waals surface area contributed by atoms with Gasteiger partial charge in [-0.05, 0) is 93.0 Å². The molecule has 1 unspecified atom stereocenters. The highest BCUT2D eigenvalue weighted by atomic mass is 127. The molecule has 0 aliphatic rings. The maximum atomic E-state index is 15.2. The third-order valence-corrected chi connectivity index (χ3v) is 12.5. The summed E-state index contributed by atoms with van der Waals surface area (Å²) in [4.78, 5) is 10.9. The van der Waals surface area contributed by atoms with Crippen LogP contribution in [-0.4, -0.2) is 98.2 Å². The second kappa shape index (κ2) is 18.2. The second-order valence-electron chi connectivity index (χ2n) is 11.9. The number of aliphatic hydroxyl groups excluding tert-OH is 1. The van der Waals surface area contributed by atoms with Crippen LogP contribution < -0.4 is 24.2 Å². The van der Waals surface area contributed by atoms with Gasteiger partial charge < -0.3 is 29.7 Å². The molecule has 0 aliphatic carbocycles. The van der Waals surface area contributed by atoms with Gasteiger partial charge in [0.05, 0.1) is 39.5 Å². The van der Waals surface area contributed by atoms with Crippen molar-refractivity contribution in [3.05, 3.63) is 105 Å². The Kier molecular flexibility index (Phi) is 13.6. The lowest BCUT2D eigenvalue weighted by Gasteiger charge is -2.26. The maximum absolute atomic E-state index is 15.2. The summed E-state index contributed by atoms with van der Waals surface area (Å²) in [5, 5.41) is 34.0. The van der Waals surface area contributed by atoms with Crippen molar-refractivity contribution in [1.29, 1.82) is 0 Å². The molecular weight excluding hydrogens is 869 g/mol. The van der Waals surface area contributed by atoms with Crippen molar-refractivity contribution in [3.63, 3.8) is 0 Å². The summed E-state index contributed by atoms with van der Waals surface area (Å²) in [5.41, 5.74) is 1.82. The molecule has 17 nitrogen and oxygen atoms in total. The van der Waals surface area contributed by atoms with E-state index in [1.165, 1.54) is 25.1 Å². The summed E-state index contributed by atoms with van der Waals surface area (Å²) in [5.74, 6) is 1.59. The number of sulfonamides is 2. The van der Waals surface area contributed by atoms with Crippen LogP contribution in [0.4, 0.5) is 4.79 Å². The second-order valence-corrected chi connectivity index (χ2v) is 16.7. The van der Waals surface area contributed by atoms with Crippen molar-refractivity contribution in [1.82, 2.24) is 34.6 Å². The number of rotatable bonds is 18. The molecule has 1 heterocycles. The molecule has 0 radical (unpaired) electrons. The Labute approximate surface area is 331 Å². The van der Waals surface area contributed by atoms with Crippen LogP contribution in [0.1, 0.15) is 16.7 Å². The molecule has 1 aromatic heterocycles. The zero-order chi connectivity index (χ0) is 39.8. The Morgan fingerprint density at radius 1 is 0.800 bits per heavy atom. The number of benzene rings is 4. The third-order valence-electron chi connectivity index (χ3n) is 8.15. The van der Waals surface area contributed by atoms with E-state index in [9.17, 15) is 18.3 Å². The molecule has 4 aromatic carbocycles. The first kappa shape index (κ1) is 41.3. The summed E-state index contributed by atoms with van der Waals surface area (Å²) in [7, 11) is -4.96. The average molecular weight is 908 g/mol. The fourth-order valence-corrected chi connectivity index (χ4v) is 9.66. The molecule has 0 fully saturated rings. The molecule has 20 heteroatoms. The van der Waals surface area contributed by atoms with Crippen LogP contribution in [0.2, 0.25) is 0 Å². The van der Waals surface area contributed by atoms with E-state index in [1.54, 1.807) is 79.9 Å². The van der Waals surface area contributed by atoms with Gasteiger partial charge in [-0.15, -0.1) is 10.2 Å². The number of nitrogens with one attached hydrogen (secondary N) is 2. The Bertz CT molecular complexity index is 2260. The largest absolute Gasteiger partial charge is 0.497 e. The van der Waals surface area contributed by atoms with E-state index in [0.29, 0.717) is 31.9 Å². The Morgan fingerprint density at radius 2 is 1.31 bits per heavy atom. The van der Waals surface area contributed by atoms with Gasteiger partial charge in [0.15, 0.2) is 0 Å². The van der Waals surface area contributed by atoms with E-state index >= 15 is 8.42 Å². The molecule has 55 heavy (non-hydrogen) atoms. The zero-order valence-corrected chi connectivity index (χ0v) is 33.6. The van der Waals surface area contributed by atoms with E-state index in [2.05, 4.69) is 20.1 Å². The summed E-state index contributed by atoms with van der Waals surface area (Å²) in [6.07, 6.45) is -2.89. The molecule has 5 rings (SSSR count). The van der Waals surface area contributed by atoms with Gasteiger partial charge >= 0.3 is 6.09 Å². The van der Waals surface area contributed by atoms with Gasteiger partial charge in [0.25, 0.3) is 0 Å². The van der Waals surface area contributed by atoms with Crippen LogP contribution in [-0.2, 0) is 39.7 Å². The van der Waals surface area contributed by atoms with Crippen LogP contribution in [0, 0.1) is 3.57 Å². The van der Waals surface area contributed by atoms with Crippen molar-refractivity contribution in [3.8, 4) is 28.6 Å². The number of amides is 1. The van der Waals surface area contributed by atoms with E-state index in [0.717, 1.165) is 15.9 Å². The molecule has 0 saturated heterocycles. The highest BCUT2D eigenvalue weighted by Crippen LogP contribution is 2.38. The molecule has 0 aliphatic heterocycles. The Balaban J connectivity index is 1.65. The Hall–Kier alpha value is -4.87. The lowest BCUT2D eigenvalue weighted by atomic mass is 10.2. The number of aliphatic hydroxyl groups is 1. The van der Waals surface area contributed by atoms with Crippen LogP contribution in [0.25, 0.3) is 11.4 Å². The highest BCUT2D eigenvalue weighted by molar-refractivity contribution is 14.1. The van der Waals surface area contributed by atoms with Crippen molar-refractivity contribution >= 4 is 48.7 Å². The van der Waals surface area contributed by atoms with Gasteiger partial charge in [0, 0.05) is 29.7 Å². The number of tetrazole rings is 1. The van der Waals surface area contributed by atoms with Crippen LogP contribution in [0.3, 0.4) is 0 Å². The SMILES string of the molecule is COc1ccc(CN(Cc2ccc(OC)cc2)S(=O)(=O)c2c(S(=O)(=O)NCC(O)CNC(=O)O)ccc(I)c2-c2nnn(Cc3ccc(OC)cc3)n2)cc1. The fraction of sp³-hybridized carbons (Fsp3) is 0.257. The van der Waals surface area contributed by atoms with E-state index < -0.39 is 55.1 Å². The first-order valence-electron chi connectivity index (χ1n) is 16.4. The number of hydrogen-bond acceptors (Lipinski definition) is 12. The molecule has 292 valence electrons. The average Bonchev–Trinajstić information content (AvgIpc) is 3.64. The number of ether oxygens (including phenoxy) is 3. The Morgan fingerprint density at radius 3 is 1.80 bits per heavy atom. The first-order valence-corrected chi connectivity index (χ1v) is 20.4. The zero-order valence-electron chi connectivity index (χ0n) is 29.8. The number of hydrogen-bond donors (Lipinski definition) is 4. The lowest BCUT2D eigenvalue weighted by molar-refractivity contribution is 0.159. The molecule has 0 spiro atoms. The molecule has 4 N–H and O–H groups in total. The summed E-state index contributed by atoms with van der Waals surface area (Å²) in [6.45, 7) is -1.35. The standard InChI is InChI=1S/C35H38IN7O10S2/c1-51-27-10-4-23(5-11-27)20-42(21-24-6-12-28(52-2)13-7-24)55(49,50)33-31(54(47,48)38-19-26(44)18-37-35(45)46)17-16-30(36)32(33)34-39-41-43(40-34)22-25-8-14-29(53-3)15-9-25/h4-17,26,37-38,44H,18-22H2,1-3H3,(H,45,46). The van der Waals surface area contributed by atoms with E-state index in [4.69, 9.17) is 19.3 Å². The number of methoxy groups -OCH3 is 3. The number of halogens is 1.